The van der Waals surface area contributed by atoms with E-state index in [1.54, 1.807) is 6.92 Å². The second-order valence-electron chi connectivity index (χ2n) is 9.53. The van der Waals surface area contributed by atoms with Crippen molar-refractivity contribution in [2.24, 2.45) is 5.92 Å². The van der Waals surface area contributed by atoms with Crippen molar-refractivity contribution < 1.29 is 26.7 Å². The van der Waals surface area contributed by atoms with Crippen molar-refractivity contribution in [3.63, 3.8) is 0 Å². The van der Waals surface area contributed by atoms with Gasteiger partial charge in [0.25, 0.3) is 0 Å². The molecule has 11 heteroatoms. The molecule has 2 saturated carbocycles. The van der Waals surface area contributed by atoms with Crippen molar-refractivity contribution in [3.8, 4) is 0 Å². The fourth-order valence-corrected chi connectivity index (χ4v) is 5.86. The number of alkyl halides is 2. The minimum Gasteiger partial charge on any atom is -0.383 e. The molecule has 186 valence electrons. The summed E-state index contributed by atoms with van der Waals surface area (Å²) in [6.45, 7) is 2.49. The summed E-state index contributed by atoms with van der Waals surface area (Å²) >= 11 is 0. The molecule has 2 aromatic heterocycles. The Morgan fingerprint density at radius 2 is 1.89 bits per heavy atom. The summed E-state index contributed by atoms with van der Waals surface area (Å²) < 4.78 is 70.8. The molecule has 0 aliphatic heterocycles. The van der Waals surface area contributed by atoms with Crippen LogP contribution in [0.4, 0.5) is 19.0 Å². The SMILES string of the molecule is Cc1nc(NCc2cccc(C(F)(F)C(C)(O)C3CC3)c2F)c2cc(S(=O)(=O)C3CC3)ncc2n1. The quantitative estimate of drug-likeness (QED) is 0.470. The molecule has 1 unspecified atom stereocenters. The molecule has 0 bridgehead atoms. The largest absolute Gasteiger partial charge is 0.383 e. The van der Waals surface area contributed by atoms with E-state index in [9.17, 15) is 13.5 Å². The molecular weight excluding hydrogens is 481 g/mol. The molecule has 2 aliphatic rings. The van der Waals surface area contributed by atoms with Gasteiger partial charge in [0.15, 0.2) is 14.9 Å². The maximum Gasteiger partial charge on any atom is 0.304 e. The standard InChI is InChI=1S/C24H25F3N4O3S/c1-13-30-19-12-28-20(35(33,34)16-8-9-16)10-17(19)22(31-13)29-11-14-4-3-5-18(21(14)25)24(26,27)23(2,32)15-6-7-15/h3-5,10,12,15-16,32H,6-9,11H2,1-2H3,(H,29,30,31). The van der Waals surface area contributed by atoms with Crippen LogP contribution in [0.25, 0.3) is 10.9 Å². The highest BCUT2D eigenvalue weighted by Gasteiger charge is 2.59. The van der Waals surface area contributed by atoms with Gasteiger partial charge in [0.1, 0.15) is 23.1 Å². The van der Waals surface area contributed by atoms with Gasteiger partial charge in [-0.15, -0.1) is 0 Å². The van der Waals surface area contributed by atoms with Gasteiger partial charge in [0, 0.05) is 17.5 Å². The average molecular weight is 507 g/mol. The van der Waals surface area contributed by atoms with E-state index in [1.165, 1.54) is 24.4 Å². The van der Waals surface area contributed by atoms with Crippen LogP contribution in [0.15, 0.2) is 35.5 Å². The number of rotatable bonds is 8. The highest BCUT2D eigenvalue weighted by atomic mass is 32.2. The van der Waals surface area contributed by atoms with Crippen LogP contribution in [0.3, 0.4) is 0 Å². The molecule has 0 amide bonds. The topological polar surface area (TPSA) is 105 Å². The number of hydrogen-bond donors (Lipinski definition) is 2. The summed E-state index contributed by atoms with van der Waals surface area (Å²) in [6.07, 6.45) is 3.47. The second kappa shape index (κ2) is 8.12. The third kappa shape index (κ3) is 4.14. The zero-order valence-corrected chi connectivity index (χ0v) is 20.0. The summed E-state index contributed by atoms with van der Waals surface area (Å²) in [7, 11) is -3.56. The van der Waals surface area contributed by atoms with Crippen LogP contribution in [0.2, 0.25) is 0 Å². The number of benzene rings is 1. The Labute approximate surface area is 200 Å². The van der Waals surface area contributed by atoms with E-state index in [4.69, 9.17) is 0 Å². The number of anilines is 1. The van der Waals surface area contributed by atoms with E-state index in [0.29, 0.717) is 42.4 Å². The molecule has 2 heterocycles. The molecule has 0 radical (unpaired) electrons. The predicted octanol–water partition coefficient (Wildman–Crippen LogP) is 4.27. The third-order valence-electron chi connectivity index (χ3n) is 6.79. The lowest BCUT2D eigenvalue weighted by molar-refractivity contribution is -0.191. The summed E-state index contributed by atoms with van der Waals surface area (Å²) in [5, 5.41) is 13.2. The Morgan fingerprint density at radius 1 is 1.17 bits per heavy atom. The number of aliphatic hydroxyl groups is 1. The van der Waals surface area contributed by atoms with Crippen molar-refractivity contribution in [3.05, 3.63) is 53.2 Å². The van der Waals surface area contributed by atoms with Crippen molar-refractivity contribution >= 4 is 26.6 Å². The summed E-state index contributed by atoms with van der Waals surface area (Å²) in [4.78, 5) is 12.7. The molecule has 0 spiro atoms. The second-order valence-corrected chi connectivity index (χ2v) is 11.7. The molecule has 7 nitrogen and oxygen atoms in total. The fraction of sp³-hybridized carbons (Fsp3) is 0.458. The lowest BCUT2D eigenvalue weighted by Gasteiger charge is -2.33. The lowest BCUT2D eigenvalue weighted by Crippen LogP contribution is -2.45. The van der Waals surface area contributed by atoms with Crippen molar-refractivity contribution in [2.75, 3.05) is 5.32 Å². The minimum absolute atomic E-state index is 0.0435. The maximum absolute atomic E-state index is 15.2. The van der Waals surface area contributed by atoms with Crippen molar-refractivity contribution in [2.45, 2.75) is 67.9 Å². The normalized spacial score (nSPS) is 18.5. The van der Waals surface area contributed by atoms with Gasteiger partial charge in [0.2, 0.25) is 0 Å². The molecule has 2 fully saturated rings. The average Bonchev–Trinajstić information content (AvgIpc) is 3.70. The Bertz CT molecular complexity index is 1420. The van der Waals surface area contributed by atoms with Crippen LogP contribution in [0.1, 0.15) is 49.6 Å². The van der Waals surface area contributed by atoms with E-state index in [1.807, 2.05) is 0 Å². The number of nitrogens with one attached hydrogen (secondary N) is 1. The van der Waals surface area contributed by atoms with Gasteiger partial charge in [-0.05, 0) is 57.6 Å². The number of nitrogens with zero attached hydrogens (tertiary/aromatic N) is 3. The van der Waals surface area contributed by atoms with E-state index in [0.717, 1.165) is 13.0 Å². The molecule has 35 heavy (non-hydrogen) atoms. The number of aryl methyl sites for hydroxylation is 1. The molecule has 1 atom stereocenters. The van der Waals surface area contributed by atoms with Crippen LogP contribution in [0, 0.1) is 18.7 Å². The Balaban J connectivity index is 1.47. The zero-order valence-electron chi connectivity index (χ0n) is 19.2. The highest BCUT2D eigenvalue weighted by molar-refractivity contribution is 7.92. The molecule has 1 aromatic carbocycles. The number of aromatic nitrogens is 3. The fourth-order valence-electron chi connectivity index (χ4n) is 4.28. The monoisotopic (exact) mass is 506 g/mol. The maximum atomic E-state index is 15.2. The summed E-state index contributed by atoms with van der Waals surface area (Å²) in [5.41, 5.74) is -2.86. The van der Waals surface area contributed by atoms with Crippen LogP contribution >= 0.6 is 0 Å². The summed E-state index contributed by atoms with van der Waals surface area (Å²) in [6, 6.07) is 5.06. The third-order valence-corrected chi connectivity index (χ3v) is 8.95. The van der Waals surface area contributed by atoms with E-state index < -0.39 is 43.9 Å². The Morgan fingerprint density at radius 3 is 2.54 bits per heavy atom. The Kier molecular flexibility index (Phi) is 5.55. The van der Waals surface area contributed by atoms with Gasteiger partial charge in [-0.3, -0.25) is 0 Å². The molecule has 2 N–H and O–H groups in total. The van der Waals surface area contributed by atoms with Crippen LogP contribution < -0.4 is 5.32 Å². The van der Waals surface area contributed by atoms with Crippen molar-refractivity contribution in [1.29, 1.82) is 0 Å². The van der Waals surface area contributed by atoms with Gasteiger partial charge < -0.3 is 10.4 Å². The number of pyridine rings is 1. The number of hydrogen-bond acceptors (Lipinski definition) is 7. The number of halogens is 3. The lowest BCUT2D eigenvalue weighted by atomic mass is 9.86. The van der Waals surface area contributed by atoms with Crippen molar-refractivity contribution in [1.82, 2.24) is 15.0 Å². The smallest absolute Gasteiger partial charge is 0.304 e. The molecule has 2 aliphatic carbocycles. The van der Waals surface area contributed by atoms with Crippen LogP contribution in [-0.4, -0.2) is 39.3 Å². The Hall–Kier alpha value is -2.79. The first-order valence-corrected chi connectivity index (χ1v) is 13.0. The van der Waals surface area contributed by atoms with Crippen LogP contribution in [0.5, 0.6) is 0 Å². The minimum atomic E-state index is -3.77. The number of sulfone groups is 1. The molecule has 0 saturated heterocycles. The van der Waals surface area contributed by atoms with Gasteiger partial charge >= 0.3 is 5.92 Å². The molecule has 3 aromatic rings. The van der Waals surface area contributed by atoms with Gasteiger partial charge in [-0.25, -0.2) is 27.8 Å². The van der Waals surface area contributed by atoms with Gasteiger partial charge in [-0.1, -0.05) is 12.1 Å². The molecular formula is C24H25F3N4O3S. The molecule has 5 rings (SSSR count). The van der Waals surface area contributed by atoms with E-state index in [-0.39, 0.29) is 23.0 Å². The van der Waals surface area contributed by atoms with Gasteiger partial charge in [-0.2, -0.15) is 8.78 Å². The number of fused-ring (bicyclic) bond motifs is 1. The summed E-state index contributed by atoms with van der Waals surface area (Å²) in [5.74, 6) is -4.85. The van der Waals surface area contributed by atoms with E-state index in [2.05, 4.69) is 20.3 Å². The van der Waals surface area contributed by atoms with Crippen LogP contribution in [-0.2, 0) is 22.3 Å². The highest BCUT2D eigenvalue weighted by Crippen LogP contribution is 2.52. The first-order valence-electron chi connectivity index (χ1n) is 11.4. The van der Waals surface area contributed by atoms with Gasteiger partial charge in [0.05, 0.1) is 22.5 Å². The zero-order chi connectivity index (χ0) is 25.2. The predicted molar refractivity (Wildman–Crippen MR) is 123 cm³/mol. The first-order chi connectivity index (χ1) is 16.4. The van der Waals surface area contributed by atoms with E-state index >= 15 is 13.2 Å². The first kappa shape index (κ1) is 23.9.